The van der Waals surface area contributed by atoms with Crippen LogP contribution in [0.25, 0.3) is 0 Å². The Labute approximate surface area is 112 Å². The number of hydrogen-bond acceptors (Lipinski definition) is 2. The molecule has 1 N–H and O–H groups in total. The van der Waals surface area contributed by atoms with Crippen LogP contribution in [0.15, 0.2) is 12.3 Å². The molecule has 1 heterocycles. The van der Waals surface area contributed by atoms with Crippen LogP contribution in [0.1, 0.15) is 39.8 Å². The summed E-state index contributed by atoms with van der Waals surface area (Å²) in [6.07, 6.45) is 4.25. The Hall–Kier alpha value is -0.830. The Kier molecular flexibility index (Phi) is 6.41. The molecule has 0 aliphatic heterocycles. The zero-order chi connectivity index (χ0) is 13.5. The van der Waals surface area contributed by atoms with Crippen molar-refractivity contribution < 1.29 is 0 Å². The summed E-state index contributed by atoms with van der Waals surface area (Å²) in [5.74, 6) is 2.21. The molecule has 1 aromatic heterocycles. The summed E-state index contributed by atoms with van der Waals surface area (Å²) in [5.41, 5.74) is 1.34. The summed E-state index contributed by atoms with van der Waals surface area (Å²) in [6.45, 7) is 11.4. The van der Waals surface area contributed by atoms with E-state index in [9.17, 15) is 0 Å². The lowest BCUT2D eigenvalue weighted by Gasteiger charge is -2.22. The number of rotatable bonds is 8. The highest BCUT2D eigenvalue weighted by Crippen LogP contribution is 2.17. The minimum atomic E-state index is 0.731. The van der Waals surface area contributed by atoms with Gasteiger partial charge >= 0.3 is 0 Å². The molecule has 0 bridgehead atoms. The number of aromatic nitrogens is 2. The second-order valence-corrected chi connectivity index (χ2v) is 6.04. The number of nitrogens with zero attached hydrogens (tertiary/aromatic N) is 2. The molecule has 1 unspecified atom stereocenters. The van der Waals surface area contributed by atoms with Gasteiger partial charge in [0.15, 0.2) is 0 Å². The summed E-state index contributed by atoms with van der Waals surface area (Å²) in [7, 11) is 2.02. The maximum atomic E-state index is 4.23. The molecule has 0 amide bonds. The fourth-order valence-corrected chi connectivity index (χ4v) is 2.21. The van der Waals surface area contributed by atoms with Crippen LogP contribution in [0.3, 0.4) is 0 Å². The molecule has 0 aromatic carbocycles. The van der Waals surface area contributed by atoms with E-state index >= 15 is 0 Å². The largest absolute Gasteiger partial charge is 0.316 e. The fourth-order valence-electron chi connectivity index (χ4n) is 2.21. The van der Waals surface area contributed by atoms with Crippen molar-refractivity contribution in [2.45, 2.75) is 40.5 Å². The third kappa shape index (κ3) is 5.21. The van der Waals surface area contributed by atoms with E-state index in [-0.39, 0.29) is 0 Å². The average molecular weight is 251 g/mol. The van der Waals surface area contributed by atoms with Gasteiger partial charge in [-0.2, -0.15) is 5.10 Å². The standard InChI is InChI=1S/C15H29N3/c1-12(2)10-16-11-14(13(3)4)6-7-15-8-9-17-18(15)5/h8-9,12-14,16H,6-7,10-11H2,1-5H3. The van der Waals surface area contributed by atoms with Crippen LogP contribution in [-0.4, -0.2) is 22.9 Å². The van der Waals surface area contributed by atoms with Crippen molar-refractivity contribution in [2.24, 2.45) is 24.8 Å². The Morgan fingerprint density at radius 2 is 1.94 bits per heavy atom. The summed E-state index contributed by atoms with van der Waals surface area (Å²) in [5, 5.41) is 7.81. The van der Waals surface area contributed by atoms with Crippen LogP contribution in [-0.2, 0) is 13.5 Å². The topological polar surface area (TPSA) is 29.9 Å². The molecular weight excluding hydrogens is 222 g/mol. The van der Waals surface area contributed by atoms with Gasteiger partial charge in [-0.1, -0.05) is 27.7 Å². The zero-order valence-electron chi connectivity index (χ0n) is 12.6. The Morgan fingerprint density at radius 1 is 1.22 bits per heavy atom. The normalized spacial score (nSPS) is 13.5. The van der Waals surface area contributed by atoms with Crippen LogP contribution >= 0.6 is 0 Å². The van der Waals surface area contributed by atoms with Gasteiger partial charge in [-0.15, -0.1) is 0 Å². The summed E-state index contributed by atoms with van der Waals surface area (Å²) in [4.78, 5) is 0. The van der Waals surface area contributed by atoms with Gasteiger partial charge in [0.2, 0.25) is 0 Å². The molecular formula is C15H29N3. The van der Waals surface area contributed by atoms with Crippen molar-refractivity contribution in [1.82, 2.24) is 15.1 Å². The summed E-state index contributed by atoms with van der Waals surface area (Å²) < 4.78 is 1.99. The highest BCUT2D eigenvalue weighted by atomic mass is 15.2. The van der Waals surface area contributed by atoms with Gasteiger partial charge in [0.25, 0.3) is 0 Å². The first-order valence-corrected chi connectivity index (χ1v) is 7.18. The zero-order valence-corrected chi connectivity index (χ0v) is 12.6. The molecule has 0 fully saturated rings. The molecule has 0 spiro atoms. The Balaban J connectivity index is 2.36. The van der Waals surface area contributed by atoms with Gasteiger partial charge in [-0.3, -0.25) is 4.68 Å². The van der Waals surface area contributed by atoms with Gasteiger partial charge in [-0.05, 0) is 49.8 Å². The molecule has 3 nitrogen and oxygen atoms in total. The van der Waals surface area contributed by atoms with Gasteiger partial charge in [0.05, 0.1) is 0 Å². The van der Waals surface area contributed by atoms with Crippen molar-refractivity contribution in [3.05, 3.63) is 18.0 Å². The monoisotopic (exact) mass is 251 g/mol. The molecule has 1 rings (SSSR count). The highest BCUT2D eigenvalue weighted by Gasteiger charge is 2.14. The second-order valence-electron chi connectivity index (χ2n) is 6.04. The van der Waals surface area contributed by atoms with Gasteiger partial charge < -0.3 is 5.32 Å². The lowest BCUT2D eigenvalue weighted by Crippen LogP contribution is -2.29. The van der Waals surface area contributed by atoms with Crippen LogP contribution in [0.4, 0.5) is 0 Å². The molecule has 0 saturated heterocycles. The van der Waals surface area contributed by atoms with Gasteiger partial charge in [-0.25, -0.2) is 0 Å². The van der Waals surface area contributed by atoms with Crippen LogP contribution < -0.4 is 5.32 Å². The minimum absolute atomic E-state index is 0.731. The molecule has 18 heavy (non-hydrogen) atoms. The number of hydrogen-bond donors (Lipinski definition) is 1. The van der Waals surface area contributed by atoms with E-state index in [1.54, 1.807) is 0 Å². The fraction of sp³-hybridized carbons (Fsp3) is 0.800. The van der Waals surface area contributed by atoms with Gasteiger partial charge in [0.1, 0.15) is 0 Å². The van der Waals surface area contributed by atoms with Crippen molar-refractivity contribution >= 4 is 0 Å². The van der Waals surface area contributed by atoms with Gasteiger partial charge in [0, 0.05) is 18.9 Å². The molecule has 0 radical (unpaired) electrons. The van der Waals surface area contributed by atoms with Crippen molar-refractivity contribution in [1.29, 1.82) is 0 Å². The lowest BCUT2D eigenvalue weighted by atomic mass is 9.90. The first-order valence-electron chi connectivity index (χ1n) is 7.18. The Morgan fingerprint density at radius 3 is 2.44 bits per heavy atom. The quantitative estimate of drug-likeness (QED) is 0.770. The third-order valence-corrected chi connectivity index (χ3v) is 3.60. The van der Waals surface area contributed by atoms with E-state index in [0.29, 0.717) is 0 Å². The highest BCUT2D eigenvalue weighted by molar-refractivity contribution is 5.00. The molecule has 1 atom stereocenters. The predicted molar refractivity (Wildman–Crippen MR) is 77.6 cm³/mol. The molecule has 3 heteroatoms. The maximum Gasteiger partial charge on any atom is 0.0492 e. The van der Waals surface area contributed by atoms with Crippen LogP contribution in [0.2, 0.25) is 0 Å². The van der Waals surface area contributed by atoms with E-state index in [1.807, 2.05) is 17.9 Å². The van der Waals surface area contributed by atoms with E-state index in [1.165, 1.54) is 12.1 Å². The lowest BCUT2D eigenvalue weighted by molar-refractivity contribution is 0.332. The van der Waals surface area contributed by atoms with Crippen LogP contribution in [0, 0.1) is 17.8 Å². The molecule has 104 valence electrons. The minimum Gasteiger partial charge on any atom is -0.316 e. The first-order chi connectivity index (χ1) is 8.50. The van der Waals surface area contributed by atoms with Crippen molar-refractivity contribution in [3.63, 3.8) is 0 Å². The maximum absolute atomic E-state index is 4.23. The number of aryl methyl sites for hydroxylation is 2. The van der Waals surface area contributed by atoms with E-state index in [4.69, 9.17) is 0 Å². The summed E-state index contributed by atoms with van der Waals surface area (Å²) >= 11 is 0. The number of nitrogens with one attached hydrogen (secondary N) is 1. The third-order valence-electron chi connectivity index (χ3n) is 3.60. The van der Waals surface area contributed by atoms with Crippen LogP contribution in [0.5, 0.6) is 0 Å². The Bertz CT molecular complexity index is 328. The van der Waals surface area contributed by atoms with E-state index in [0.717, 1.165) is 37.3 Å². The first kappa shape index (κ1) is 15.2. The smallest absolute Gasteiger partial charge is 0.0492 e. The molecule has 0 aliphatic carbocycles. The van der Waals surface area contributed by atoms with Crippen molar-refractivity contribution in [2.75, 3.05) is 13.1 Å². The molecule has 1 aromatic rings. The summed E-state index contributed by atoms with van der Waals surface area (Å²) in [6, 6.07) is 2.12. The SMILES string of the molecule is CC(C)CNCC(CCc1ccnn1C)C(C)C. The molecule has 0 aliphatic rings. The second kappa shape index (κ2) is 7.57. The van der Waals surface area contributed by atoms with E-state index in [2.05, 4.69) is 44.2 Å². The molecule has 0 saturated carbocycles. The van der Waals surface area contributed by atoms with Crippen molar-refractivity contribution in [3.8, 4) is 0 Å². The average Bonchev–Trinajstić information content (AvgIpc) is 2.68. The van der Waals surface area contributed by atoms with E-state index < -0.39 is 0 Å². The predicted octanol–water partition coefficient (Wildman–Crippen LogP) is 2.87.